The quantitative estimate of drug-likeness (QED) is 0.903. The monoisotopic (exact) mass is 262 g/mol. The zero-order valence-corrected chi connectivity index (χ0v) is 12.3. The minimum atomic E-state index is -0.329. The van der Waals surface area contributed by atoms with Gasteiger partial charge >= 0.3 is 0 Å². The highest BCUT2D eigenvalue weighted by atomic mass is 16.3. The van der Waals surface area contributed by atoms with Gasteiger partial charge in [-0.15, -0.1) is 0 Å². The number of benzene rings is 1. The predicted octanol–water partition coefficient (Wildman–Crippen LogP) is 2.66. The van der Waals surface area contributed by atoms with Gasteiger partial charge in [-0.25, -0.2) is 0 Å². The predicted molar refractivity (Wildman–Crippen MR) is 80.6 cm³/mol. The van der Waals surface area contributed by atoms with E-state index in [0.29, 0.717) is 6.04 Å². The summed E-state index contributed by atoms with van der Waals surface area (Å²) in [4.78, 5) is 4.90. The first kappa shape index (κ1) is 14.4. The molecule has 1 aliphatic heterocycles. The van der Waals surface area contributed by atoms with Crippen molar-refractivity contribution < 1.29 is 5.11 Å². The first-order valence-electron chi connectivity index (χ1n) is 7.38. The molecule has 1 unspecified atom stereocenters. The number of hydrogen-bond donors (Lipinski definition) is 1. The Kier molecular flexibility index (Phi) is 4.83. The third kappa shape index (κ3) is 3.28. The van der Waals surface area contributed by atoms with E-state index in [2.05, 4.69) is 48.0 Å². The third-order valence-corrected chi connectivity index (χ3v) is 4.28. The van der Waals surface area contributed by atoms with Gasteiger partial charge in [-0.2, -0.15) is 0 Å². The van der Waals surface area contributed by atoms with Crippen LogP contribution in [0.4, 0.5) is 5.69 Å². The van der Waals surface area contributed by atoms with Crippen LogP contribution >= 0.6 is 0 Å². The van der Waals surface area contributed by atoms with Gasteiger partial charge < -0.3 is 10.0 Å². The molecule has 0 aliphatic carbocycles. The van der Waals surface area contributed by atoms with Crippen molar-refractivity contribution in [1.29, 1.82) is 0 Å². The van der Waals surface area contributed by atoms with Crippen LogP contribution in [0.15, 0.2) is 24.3 Å². The van der Waals surface area contributed by atoms with Gasteiger partial charge in [0.15, 0.2) is 0 Å². The number of likely N-dealkylation sites (N-methyl/N-ethyl adjacent to an activating group) is 1. The van der Waals surface area contributed by atoms with Gasteiger partial charge in [-0.3, -0.25) is 4.90 Å². The number of piperazine rings is 1. The van der Waals surface area contributed by atoms with Crippen molar-refractivity contribution in [2.24, 2.45) is 0 Å². The van der Waals surface area contributed by atoms with Gasteiger partial charge in [-0.1, -0.05) is 26.0 Å². The normalized spacial score (nSPS) is 22.5. The fraction of sp³-hybridized carbons (Fsp3) is 0.625. The summed E-state index contributed by atoms with van der Waals surface area (Å²) in [7, 11) is 2.21. The summed E-state index contributed by atoms with van der Waals surface area (Å²) in [6.45, 7) is 7.57. The van der Waals surface area contributed by atoms with Crippen LogP contribution in [0.5, 0.6) is 0 Å². The molecule has 2 atom stereocenters. The van der Waals surface area contributed by atoms with Gasteiger partial charge in [0.2, 0.25) is 0 Å². The van der Waals surface area contributed by atoms with E-state index in [1.54, 1.807) is 0 Å². The van der Waals surface area contributed by atoms with Crippen molar-refractivity contribution in [3.63, 3.8) is 0 Å². The van der Waals surface area contributed by atoms with Crippen LogP contribution < -0.4 is 4.90 Å². The molecule has 0 radical (unpaired) electrons. The molecule has 2 rings (SSSR count). The molecular formula is C16H26N2O. The molecule has 0 spiro atoms. The summed E-state index contributed by atoms with van der Waals surface area (Å²) >= 11 is 0. The second-order valence-corrected chi connectivity index (χ2v) is 5.50. The molecule has 1 fully saturated rings. The largest absolute Gasteiger partial charge is 0.388 e. The fourth-order valence-electron chi connectivity index (χ4n) is 2.76. The smallest absolute Gasteiger partial charge is 0.0787 e. The van der Waals surface area contributed by atoms with Gasteiger partial charge in [0, 0.05) is 31.4 Å². The van der Waals surface area contributed by atoms with Gasteiger partial charge in [0.05, 0.1) is 6.10 Å². The Bertz CT molecular complexity index is 390. The van der Waals surface area contributed by atoms with Gasteiger partial charge in [0.25, 0.3) is 0 Å². The van der Waals surface area contributed by atoms with Crippen molar-refractivity contribution in [3.8, 4) is 0 Å². The maximum atomic E-state index is 9.83. The van der Waals surface area contributed by atoms with E-state index in [-0.39, 0.29) is 6.10 Å². The maximum Gasteiger partial charge on any atom is 0.0787 e. The average Bonchev–Trinajstić information content (AvgIpc) is 2.47. The molecule has 1 aliphatic rings. The Hall–Kier alpha value is -1.06. The second kappa shape index (κ2) is 6.40. The van der Waals surface area contributed by atoms with E-state index in [1.807, 2.05) is 6.92 Å². The van der Waals surface area contributed by atoms with E-state index < -0.39 is 0 Å². The minimum absolute atomic E-state index is 0.329. The molecule has 0 aromatic heterocycles. The van der Waals surface area contributed by atoms with Crippen LogP contribution in [0, 0.1) is 0 Å². The highest BCUT2D eigenvalue weighted by molar-refractivity contribution is 5.48. The topological polar surface area (TPSA) is 26.7 Å². The molecule has 1 N–H and O–H groups in total. The number of aliphatic hydroxyl groups excluding tert-OH is 1. The number of aliphatic hydroxyl groups is 1. The lowest BCUT2D eigenvalue weighted by Crippen LogP contribution is -2.51. The maximum absolute atomic E-state index is 9.83. The van der Waals surface area contributed by atoms with Crippen molar-refractivity contribution in [3.05, 3.63) is 29.8 Å². The van der Waals surface area contributed by atoms with E-state index in [0.717, 1.165) is 31.6 Å². The minimum Gasteiger partial charge on any atom is -0.388 e. The number of rotatable bonds is 4. The van der Waals surface area contributed by atoms with E-state index in [4.69, 9.17) is 0 Å². The molecule has 1 aromatic rings. The van der Waals surface area contributed by atoms with Crippen LogP contribution in [-0.4, -0.2) is 42.7 Å². The second-order valence-electron chi connectivity index (χ2n) is 5.50. The van der Waals surface area contributed by atoms with Crippen molar-refractivity contribution in [2.45, 2.75) is 38.8 Å². The van der Waals surface area contributed by atoms with E-state index in [1.165, 1.54) is 12.1 Å². The Morgan fingerprint density at radius 3 is 2.47 bits per heavy atom. The van der Waals surface area contributed by atoms with Crippen LogP contribution in [0.3, 0.4) is 0 Å². The zero-order valence-electron chi connectivity index (χ0n) is 12.3. The Morgan fingerprint density at radius 2 is 1.89 bits per heavy atom. The molecule has 0 saturated carbocycles. The van der Waals surface area contributed by atoms with Crippen molar-refractivity contribution in [2.75, 3.05) is 31.6 Å². The summed E-state index contributed by atoms with van der Waals surface area (Å²) in [6, 6.07) is 9.05. The lowest BCUT2D eigenvalue weighted by Gasteiger charge is -2.40. The highest BCUT2D eigenvalue weighted by Crippen LogP contribution is 2.23. The van der Waals surface area contributed by atoms with Gasteiger partial charge in [0.1, 0.15) is 0 Å². The van der Waals surface area contributed by atoms with E-state index in [9.17, 15) is 5.11 Å². The summed E-state index contributed by atoms with van der Waals surface area (Å²) < 4.78 is 0. The first-order valence-corrected chi connectivity index (χ1v) is 7.38. The molecule has 1 heterocycles. The Morgan fingerprint density at radius 1 is 1.21 bits per heavy atom. The number of nitrogens with zero attached hydrogens (tertiary/aromatic N) is 2. The zero-order chi connectivity index (χ0) is 13.8. The number of hydrogen-bond acceptors (Lipinski definition) is 3. The molecule has 3 nitrogen and oxygen atoms in total. The summed E-state index contributed by atoms with van der Waals surface area (Å²) in [5.41, 5.74) is 2.30. The average molecular weight is 262 g/mol. The first-order chi connectivity index (χ1) is 9.15. The van der Waals surface area contributed by atoms with Crippen LogP contribution in [0.25, 0.3) is 0 Å². The highest BCUT2D eigenvalue weighted by Gasteiger charge is 2.22. The Labute approximate surface area is 116 Å². The lowest BCUT2D eigenvalue weighted by molar-refractivity contribution is 0.173. The van der Waals surface area contributed by atoms with Gasteiger partial charge in [-0.05, 0) is 37.6 Å². The number of anilines is 1. The van der Waals surface area contributed by atoms with Crippen LogP contribution in [0.1, 0.15) is 38.4 Å². The van der Waals surface area contributed by atoms with Crippen LogP contribution in [-0.2, 0) is 0 Å². The molecule has 19 heavy (non-hydrogen) atoms. The molecule has 0 amide bonds. The summed E-state index contributed by atoms with van der Waals surface area (Å²) in [5.74, 6) is 0. The Balaban J connectivity index is 2.06. The van der Waals surface area contributed by atoms with Crippen molar-refractivity contribution in [1.82, 2.24) is 4.90 Å². The molecule has 106 valence electrons. The molecule has 0 bridgehead atoms. The molecular weight excluding hydrogens is 236 g/mol. The van der Waals surface area contributed by atoms with Crippen molar-refractivity contribution >= 4 is 5.69 Å². The summed E-state index contributed by atoms with van der Waals surface area (Å²) in [5, 5.41) is 9.83. The molecule has 1 saturated heterocycles. The fourth-order valence-corrected chi connectivity index (χ4v) is 2.76. The molecule has 3 heteroatoms. The summed E-state index contributed by atoms with van der Waals surface area (Å²) in [6.07, 6.45) is 1.63. The lowest BCUT2D eigenvalue weighted by atomic mass is 10.1. The molecule has 1 aromatic carbocycles. The van der Waals surface area contributed by atoms with E-state index >= 15 is 0 Å². The SMILES string of the molecule is CCC1CN(c2ccc([C@H](O)CC)cc2)CCN1C. The third-order valence-electron chi connectivity index (χ3n) is 4.28. The van der Waals surface area contributed by atoms with Crippen LogP contribution in [0.2, 0.25) is 0 Å². The standard InChI is InChI=1S/C16H26N2O/c1-4-14-12-18(11-10-17(14)3)15-8-6-13(7-9-15)16(19)5-2/h6-9,14,16,19H,4-5,10-12H2,1-3H3/t14?,16-/m1/s1.